The van der Waals surface area contributed by atoms with Crippen molar-refractivity contribution in [1.82, 2.24) is 10.3 Å². The van der Waals surface area contributed by atoms with Crippen LogP contribution >= 0.6 is 0 Å². The maximum absolute atomic E-state index is 12.7. The Hall–Kier alpha value is -3.29. The number of anilines is 1. The van der Waals surface area contributed by atoms with Gasteiger partial charge in [-0.1, -0.05) is 0 Å². The number of nitrogens with zero attached hydrogens (tertiary/aromatic N) is 1. The highest BCUT2D eigenvalue weighted by atomic mass is 19.1. The molecule has 24 heavy (non-hydrogen) atoms. The van der Waals surface area contributed by atoms with E-state index >= 15 is 0 Å². The van der Waals surface area contributed by atoms with E-state index in [4.69, 9.17) is 4.74 Å². The van der Waals surface area contributed by atoms with E-state index in [0.29, 0.717) is 5.69 Å². The molecule has 7 nitrogen and oxygen atoms in total. The van der Waals surface area contributed by atoms with E-state index in [1.165, 1.54) is 48.8 Å². The number of ether oxygens (including phenoxy) is 1. The molecule has 0 saturated heterocycles. The molecule has 1 aromatic carbocycles. The van der Waals surface area contributed by atoms with Gasteiger partial charge in [-0.3, -0.25) is 14.6 Å². The van der Waals surface area contributed by atoms with Crippen LogP contribution in [0, 0.1) is 5.82 Å². The molecule has 0 atom stereocenters. The maximum atomic E-state index is 12.7. The fourth-order valence-corrected chi connectivity index (χ4v) is 1.67. The number of rotatable bonds is 6. The van der Waals surface area contributed by atoms with E-state index in [9.17, 15) is 18.8 Å². The van der Waals surface area contributed by atoms with Crippen LogP contribution in [0.15, 0.2) is 48.8 Å². The summed E-state index contributed by atoms with van der Waals surface area (Å²) in [7, 11) is 0. The van der Waals surface area contributed by atoms with E-state index in [2.05, 4.69) is 15.6 Å². The van der Waals surface area contributed by atoms with Crippen LogP contribution in [0.25, 0.3) is 0 Å². The lowest BCUT2D eigenvalue weighted by molar-refractivity contribution is -0.126. The Labute approximate surface area is 136 Å². The molecule has 0 aliphatic heterocycles. The summed E-state index contributed by atoms with van der Waals surface area (Å²) in [5.74, 6) is -2.19. The van der Waals surface area contributed by atoms with E-state index in [-0.39, 0.29) is 12.1 Å². The second-order valence-electron chi connectivity index (χ2n) is 4.64. The topological polar surface area (TPSA) is 97.4 Å². The molecule has 0 bridgehead atoms. The number of hydrogen-bond acceptors (Lipinski definition) is 5. The molecule has 0 spiro atoms. The van der Waals surface area contributed by atoms with E-state index in [0.717, 1.165) is 0 Å². The Morgan fingerprint density at radius 3 is 2.33 bits per heavy atom. The van der Waals surface area contributed by atoms with Gasteiger partial charge < -0.3 is 15.4 Å². The second-order valence-corrected chi connectivity index (χ2v) is 4.64. The van der Waals surface area contributed by atoms with Gasteiger partial charge >= 0.3 is 5.97 Å². The number of benzene rings is 1. The average molecular weight is 331 g/mol. The summed E-state index contributed by atoms with van der Waals surface area (Å²) in [6.45, 7) is -0.812. The molecule has 0 aliphatic carbocycles. The smallest absolute Gasteiger partial charge is 0.338 e. The van der Waals surface area contributed by atoms with Gasteiger partial charge in [-0.2, -0.15) is 0 Å². The first-order valence-electron chi connectivity index (χ1n) is 6.94. The van der Waals surface area contributed by atoms with Crippen molar-refractivity contribution in [1.29, 1.82) is 0 Å². The van der Waals surface area contributed by atoms with Gasteiger partial charge in [0.1, 0.15) is 5.82 Å². The number of amides is 2. The van der Waals surface area contributed by atoms with Gasteiger partial charge in [0.2, 0.25) is 5.91 Å². The standard InChI is InChI=1S/C16H14FN3O4/c17-12-1-3-13(4-2-12)20-14(21)9-19-15(22)10-24-16(23)11-5-7-18-8-6-11/h1-8H,9-10H2,(H,19,22)(H,20,21). The monoisotopic (exact) mass is 331 g/mol. The molecule has 1 heterocycles. The van der Waals surface area contributed by atoms with Crippen molar-refractivity contribution in [3.8, 4) is 0 Å². The molecular formula is C16H14FN3O4. The van der Waals surface area contributed by atoms with Gasteiger partial charge in [-0.25, -0.2) is 9.18 Å². The lowest BCUT2D eigenvalue weighted by Crippen LogP contribution is -2.35. The zero-order valence-electron chi connectivity index (χ0n) is 12.5. The number of nitrogens with one attached hydrogen (secondary N) is 2. The molecule has 2 N–H and O–H groups in total. The molecule has 1 aromatic heterocycles. The fourth-order valence-electron chi connectivity index (χ4n) is 1.67. The van der Waals surface area contributed by atoms with Gasteiger partial charge in [-0.15, -0.1) is 0 Å². The van der Waals surface area contributed by atoms with Crippen LogP contribution in [0.4, 0.5) is 10.1 Å². The summed E-state index contributed by atoms with van der Waals surface area (Å²) in [5.41, 5.74) is 0.673. The number of pyridine rings is 1. The number of aromatic nitrogens is 1. The number of hydrogen-bond donors (Lipinski definition) is 2. The van der Waals surface area contributed by atoms with Crippen LogP contribution in [0.2, 0.25) is 0 Å². The largest absolute Gasteiger partial charge is 0.452 e. The van der Waals surface area contributed by atoms with E-state index in [1.807, 2.05) is 0 Å². The van der Waals surface area contributed by atoms with Crippen molar-refractivity contribution in [3.63, 3.8) is 0 Å². The number of carbonyl (C=O) groups is 3. The normalized spacial score (nSPS) is 9.88. The van der Waals surface area contributed by atoms with E-state index in [1.54, 1.807) is 0 Å². The van der Waals surface area contributed by atoms with Crippen molar-refractivity contribution >= 4 is 23.5 Å². The van der Waals surface area contributed by atoms with Crippen molar-refractivity contribution in [2.45, 2.75) is 0 Å². The summed E-state index contributed by atoms with van der Waals surface area (Å²) in [6.07, 6.45) is 2.85. The quantitative estimate of drug-likeness (QED) is 0.774. The molecule has 8 heteroatoms. The summed E-state index contributed by atoms with van der Waals surface area (Å²) in [6, 6.07) is 8.10. The van der Waals surface area contributed by atoms with Gasteiger partial charge in [0.15, 0.2) is 6.61 Å². The highest BCUT2D eigenvalue weighted by molar-refractivity contribution is 5.95. The Balaban J connectivity index is 1.70. The maximum Gasteiger partial charge on any atom is 0.338 e. The Morgan fingerprint density at radius 1 is 1.00 bits per heavy atom. The molecule has 124 valence electrons. The minimum absolute atomic E-state index is 0.270. The molecule has 2 aromatic rings. The van der Waals surface area contributed by atoms with Gasteiger partial charge in [0, 0.05) is 18.1 Å². The first-order chi connectivity index (χ1) is 11.5. The highest BCUT2D eigenvalue weighted by Gasteiger charge is 2.11. The highest BCUT2D eigenvalue weighted by Crippen LogP contribution is 2.07. The number of carbonyl (C=O) groups excluding carboxylic acids is 3. The van der Waals surface area contributed by atoms with Gasteiger partial charge in [0.25, 0.3) is 5.91 Å². The predicted molar refractivity (Wildman–Crippen MR) is 82.6 cm³/mol. The van der Waals surface area contributed by atoms with Gasteiger partial charge in [-0.05, 0) is 36.4 Å². The van der Waals surface area contributed by atoms with Crippen molar-refractivity contribution in [2.75, 3.05) is 18.5 Å². The molecule has 0 radical (unpaired) electrons. The third kappa shape index (κ3) is 5.48. The van der Waals surface area contributed by atoms with Crippen LogP contribution < -0.4 is 10.6 Å². The molecule has 0 unspecified atom stereocenters. The Kier molecular flexibility index (Phi) is 5.95. The molecule has 0 saturated carbocycles. The average Bonchev–Trinajstić information content (AvgIpc) is 2.60. The van der Waals surface area contributed by atoms with Crippen molar-refractivity contribution in [2.24, 2.45) is 0 Å². The van der Waals surface area contributed by atoms with Crippen LogP contribution in [0.3, 0.4) is 0 Å². The minimum atomic E-state index is -0.664. The third-order valence-corrected chi connectivity index (χ3v) is 2.82. The van der Waals surface area contributed by atoms with Crippen molar-refractivity contribution < 1.29 is 23.5 Å². The van der Waals surface area contributed by atoms with Crippen molar-refractivity contribution in [3.05, 3.63) is 60.2 Å². The summed E-state index contributed by atoms with van der Waals surface area (Å²) in [5, 5.41) is 4.79. The van der Waals surface area contributed by atoms with Crippen LogP contribution in [-0.4, -0.2) is 35.9 Å². The van der Waals surface area contributed by atoms with Crippen LogP contribution in [0.5, 0.6) is 0 Å². The molecular weight excluding hydrogens is 317 g/mol. The number of esters is 1. The second kappa shape index (κ2) is 8.37. The lowest BCUT2D eigenvalue weighted by atomic mass is 10.3. The summed E-state index contributed by atoms with van der Waals surface area (Å²) in [4.78, 5) is 38.6. The Bertz CT molecular complexity index is 720. The van der Waals surface area contributed by atoms with Crippen LogP contribution in [0.1, 0.15) is 10.4 Å². The van der Waals surface area contributed by atoms with Gasteiger partial charge in [0.05, 0.1) is 12.1 Å². The summed E-state index contributed by atoms with van der Waals surface area (Å²) >= 11 is 0. The van der Waals surface area contributed by atoms with E-state index < -0.39 is 30.2 Å². The van der Waals surface area contributed by atoms with Crippen LogP contribution in [-0.2, 0) is 14.3 Å². The number of halogens is 1. The molecule has 0 fully saturated rings. The molecule has 2 amide bonds. The zero-order valence-corrected chi connectivity index (χ0v) is 12.5. The summed E-state index contributed by atoms with van der Waals surface area (Å²) < 4.78 is 17.5. The SMILES string of the molecule is O=C(COC(=O)c1ccncc1)NCC(=O)Nc1ccc(F)cc1. The first-order valence-corrected chi connectivity index (χ1v) is 6.94. The first kappa shape index (κ1) is 17.1. The molecule has 0 aliphatic rings. The lowest BCUT2D eigenvalue weighted by Gasteiger charge is -2.07. The minimum Gasteiger partial charge on any atom is -0.452 e. The zero-order chi connectivity index (χ0) is 17.4. The fraction of sp³-hybridized carbons (Fsp3) is 0.125. The Morgan fingerprint density at radius 2 is 1.67 bits per heavy atom. The third-order valence-electron chi connectivity index (χ3n) is 2.82. The predicted octanol–water partition coefficient (Wildman–Crippen LogP) is 1.13. The molecule has 2 rings (SSSR count).